The molecule has 1 N–H and O–H groups in total. The number of anilines is 1. The van der Waals surface area contributed by atoms with Crippen LogP contribution < -0.4 is 14.8 Å². The Morgan fingerprint density at radius 2 is 1.74 bits per heavy atom. The summed E-state index contributed by atoms with van der Waals surface area (Å²) in [6, 6.07) is 22.2. The maximum atomic E-state index is 12.8. The number of piperidine rings is 1. The number of ether oxygens (including phenoxy) is 2. The number of rotatable bonds is 9. The molecule has 1 aliphatic heterocycles. The zero-order chi connectivity index (χ0) is 27.6. The fourth-order valence-corrected chi connectivity index (χ4v) is 4.53. The highest BCUT2D eigenvalue weighted by Crippen LogP contribution is 2.30. The summed E-state index contributed by atoms with van der Waals surface area (Å²) in [4.78, 5) is 27.4. The molecule has 0 aliphatic carbocycles. The van der Waals surface area contributed by atoms with Gasteiger partial charge in [-0.1, -0.05) is 43.3 Å². The highest BCUT2D eigenvalue weighted by atomic mass is 16.5. The monoisotopic (exact) mass is 523 g/mol. The van der Waals surface area contributed by atoms with Crippen LogP contribution >= 0.6 is 0 Å². The van der Waals surface area contributed by atoms with E-state index in [1.807, 2.05) is 66.4 Å². The van der Waals surface area contributed by atoms with Crippen molar-refractivity contribution < 1.29 is 19.1 Å². The summed E-state index contributed by atoms with van der Waals surface area (Å²) in [5.41, 5.74) is 3.91. The first-order valence-electron chi connectivity index (χ1n) is 13.2. The van der Waals surface area contributed by atoms with Crippen molar-refractivity contribution in [1.29, 1.82) is 5.26 Å². The van der Waals surface area contributed by atoms with Gasteiger partial charge < -0.3 is 19.7 Å². The highest BCUT2D eigenvalue weighted by Gasteiger charge is 2.18. The van der Waals surface area contributed by atoms with Crippen LogP contribution in [-0.2, 0) is 17.8 Å². The van der Waals surface area contributed by atoms with Crippen LogP contribution in [0, 0.1) is 11.3 Å². The lowest BCUT2D eigenvalue weighted by Crippen LogP contribution is -2.35. The number of aryl methyl sites for hydroxylation is 1. The molecule has 0 aromatic heterocycles. The van der Waals surface area contributed by atoms with Crippen molar-refractivity contribution in [1.82, 2.24) is 4.90 Å². The lowest BCUT2D eigenvalue weighted by atomic mass is 10.1. The van der Waals surface area contributed by atoms with Crippen molar-refractivity contribution in [2.75, 3.05) is 25.5 Å². The highest BCUT2D eigenvalue weighted by molar-refractivity contribution is 6.10. The Morgan fingerprint density at radius 3 is 2.44 bits per heavy atom. The van der Waals surface area contributed by atoms with E-state index in [4.69, 9.17) is 9.47 Å². The molecule has 0 bridgehead atoms. The van der Waals surface area contributed by atoms with Gasteiger partial charge in [0.2, 0.25) is 0 Å². The minimum atomic E-state index is -0.472. The summed E-state index contributed by atoms with van der Waals surface area (Å²) in [7, 11) is 1.54. The van der Waals surface area contributed by atoms with E-state index in [9.17, 15) is 14.9 Å². The third kappa shape index (κ3) is 7.05. The lowest BCUT2D eigenvalue weighted by molar-refractivity contribution is -0.112. The summed E-state index contributed by atoms with van der Waals surface area (Å²) >= 11 is 0. The van der Waals surface area contributed by atoms with Crippen LogP contribution in [0.25, 0.3) is 6.08 Å². The number of nitriles is 1. The number of hydrogen-bond acceptors (Lipinski definition) is 5. The third-order valence-electron chi connectivity index (χ3n) is 6.75. The molecule has 7 heteroatoms. The first-order valence-corrected chi connectivity index (χ1v) is 13.2. The molecule has 2 amide bonds. The molecule has 1 fully saturated rings. The fourth-order valence-electron chi connectivity index (χ4n) is 4.53. The summed E-state index contributed by atoms with van der Waals surface area (Å²) in [5, 5.41) is 12.5. The van der Waals surface area contributed by atoms with E-state index < -0.39 is 5.91 Å². The Kier molecular flexibility index (Phi) is 9.36. The Balaban J connectivity index is 1.41. The number of nitrogens with zero attached hydrogens (tertiary/aromatic N) is 2. The largest absolute Gasteiger partial charge is 0.493 e. The molecule has 0 atom stereocenters. The predicted molar refractivity (Wildman–Crippen MR) is 152 cm³/mol. The Hall–Kier alpha value is -4.57. The zero-order valence-corrected chi connectivity index (χ0v) is 22.4. The van der Waals surface area contributed by atoms with Crippen LogP contribution in [0.4, 0.5) is 5.69 Å². The van der Waals surface area contributed by atoms with E-state index in [0.29, 0.717) is 34.9 Å². The number of carbonyl (C=O) groups excluding carboxylic acids is 2. The van der Waals surface area contributed by atoms with Crippen molar-refractivity contribution in [2.45, 2.75) is 39.2 Å². The predicted octanol–water partition coefficient (Wildman–Crippen LogP) is 6.01. The smallest absolute Gasteiger partial charge is 0.266 e. The molecule has 200 valence electrons. The van der Waals surface area contributed by atoms with Crippen molar-refractivity contribution >= 4 is 23.6 Å². The molecule has 3 aromatic carbocycles. The molecular formula is C32H33N3O4. The molecule has 0 saturated carbocycles. The van der Waals surface area contributed by atoms with Crippen molar-refractivity contribution in [2.24, 2.45) is 0 Å². The van der Waals surface area contributed by atoms with E-state index >= 15 is 0 Å². The SMILES string of the molecule is CCc1ccccc1NC(=O)/C(C#N)=C\c1ccc(OCc2ccc(C(=O)N3CCCCC3)cc2)c(OC)c1. The van der Waals surface area contributed by atoms with Gasteiger partial charge in [-0.05, 0) is 78.8 Å². The number of methoxy groups -OCH3 is 1. The van der Waals surface area contributed by atoms with Gasteiger partial charge in [-0.3, -0.25) is 9.59 Å². The second-order valence-corrected chi connectivity index (χ2v) is 9.38. The number of carbonyl (C=O) groups is 2. The van der Waals surface area contributed by atoms with Crippen LogP contribution in [0.2, 0.25) is 0 Å². The van der Waals surface area contributed by atoms with Gasteiger partial charge in [0.15, 0.2) is 11.5 Å². The maximum Gasteiger partial charge on any atom is 0.266 e. The number of amides is 2. The minimum Gasteiger partial charge on any atom is -0.493 e. The second-order valence-electron chi connectivity index (χ2n) is 9.38. The summed E-state index contributed by atoms with van der Waals surface area (Å²) < 4.78 is 11.5. The minimum absolute atomic E-state index is 0.0178. The summed E-state index contributed by atoms with van der Waals surface area (Å²) in [5.74, 6) is 0.616. The lowest BCUT2D eigenvalue weighted by Gasteiger charge is -2.26. The standard InChI is InChI=1S/C32H33N3O4/c1-3-25-9-5-6-10-28(25)34-31(36)27(21-33)19-24-13-16-29(30(20-24)38-2)39-22-23-11-14-26(15-12-23)32(37)35-17-7-4-8-18-35/h5-6,9-16,19-20H,3-4,7-8,17-18,22H2,1-2H3,(H,34,36)/b27-19-. The van der Waals surface area contributed by atoms with Crippen molar-refractivity contribution in [3.05, 3.63) is 94.6 Å². The van der Waals surface area contributed by atoms with Gasteiger partial charge >= 0.3 is 0 Å². The Bertz CT molecular complexity index is 1380. The van der Waals surface area contributed by atoms with E-state index in [1.54, 1.807) is 18.2 Å². The molecule has 1 saturated heterocycles. The van der Waals surface area contributed by atoms with Crippen molar-refractivity contribution in [3.8, 4) is 17.6 Å². The molecule has 4 rings (SSSR count). The molecule has 3 aromatic rings. The average Bonchev–Trinajstić information content (AvgIpc) is 2.99. The van der Waals surface area contributed by atoms with E-state index in [-0.39, 0.29) is 11.5 Å². The summed E-state index contributed by atoms with van der Waals surface area (Å²) in [6.07, 6.45) is 5.60. The first-order chi connectivity index (χ1) is 19.0. The summed E-state index contributed by atoms with van der Waals surface area (Å²) in [6.45, 7) is 3.95. The van der Waals surface area contributed by atoms with E-state index in [0.717, 1.165) is 43.5 Å². The number of para-hydroxylation sites is 1. The fraction of sp³-hybridized carbons (Fsp3) is 0.281. The van der Waals surface area contributed by atoms with Crippen LogP contribution in [0.3, 0.4) is 0 Å². The average molecular weight is 524 g/mol. The molecule has 39 heavy (non-hydrogen) atoms. The van der Waals surface area contributed by atoms with Crippen LogP contribution in [-0.4, -0.2) is 36.9 Å². The number of likely N-dealkylation sites (tertiary alicyclic amines) is 1. The normalized spacial score (nSPS) is 13.4. The van der Waals surface area contributed by atoms with Gasteiger partial charge in [0.05, 0.1) is 7.11 Å². The van der Waals surface area contributed by atoms with Crippen LogP contribution in [0.1, 0.15) is 53.2 Å². The number of benzene rings is 3. The molecule has 7 nitrogen and oxygen atoms in total. The quantitative estimate of drug-likeness (QED) is 0.274. The van der Waals surface area contributed by atoms with Gasteiger partial charge in [-0.15, -0.1) is 0 Å². The van der Waals surface area contributed by atoms with E-state index in [2.05, 4.69) is 5.32 Å². The van der Waals surface area contributed by atoms with Gasteiger partial charge in [0.1, 0.15) is 18.2 Å². The number of hydrogen-bond donors (Lipinski definition) is 1. The third-order valence-corrected chi connectivity index (χ3v) is 6.75. The zero-order valence-electron chi connectivity index (χ0n) is 22.4. The van der Waals surface area contributed by atoms with Gasteiger partial charge in [-0.25, -0.2) is 0 Å². The topological polar surface area (TPSA) is 91.7 Å². The molecule has 0 radical (unpaired) electrons. The molecule has 1 aliphatic rings. The Morgan fingerprint density at radius 1 is 1.00 bits per heavy atom. The van der Waals surface area contributed by atoms with Crippen molar-refractivity contribution in [3.63, 3.8) is 0 Å². The molecular weight excluding hydrogens is 490 g/mol. The molecule has 0 unspecified atom stereocenters. The van der Waals surface area contributed by atoms with Crippen LogP contribution in [0.5, 0.6) is 11.5 Å². The molecule has 0 spiro atoms. The first kappa shape index (κ1) is 27.5. The van der Waals surface area contributed by atoms with Gasteiger partial charge in [0.25, 0.3) is 11.8 Å². The second kappa shape index (κ2) is 13.3. The number of nitrogens with one attached hydrogen (secondary N) is 1. The van der Waals surface area contributed by atoms with E-state index in [1.165, 1.54) is 19.6 Å². The maximum absolute atomic E-state index is 12.8. The van der Waals surface area contributed by atoms with Gasteiger partial charge in [-0.2, -0.15) is 5.26 Å². The van der Waals surface area contributed by atoms with Gasteiger partial charge in [0, 0.05) is 24.3 Å². The van der Waals surface area contributed by atoms with Crippen LogP contribution in [0.15, 0.2) is 72.3 Å². The molecule has 1 heterocycles. The Labute approximate surface area is 229 Å².